The Hall–Kier alpha value is -0.0900. The molecule has 4 heteroatoms. The van der Waals surface area contributed by atoms with Crippen LogP contribution in [0.5, 0.6) is 0 Å². The molecule has 1 atom stereocenters. The van der Waals surface area contributed by atoms with Crippen LogP contribution in [0.3, 0.4) is 0 Å². The van der Waals surface area contributed by atoms with Gasteiger partial charge >= 0.3 is 0 Å². The van der Waals surface area contributed by atoms with Crippen LogP contribution in [0, 0.1) is 11.8 Å². The summed E-state index contributed by atoms with van der Waals surface area (Å²) in [6.07, 6.45) is 2.13. The monoisotopic (exact) mass is 277 g/mol. The molecule has 1 aliphatic rings. The highest BCUT2D eigenvalue weighted by Crippen LogP contribution is 2.15. The highest BCUT2D eigenvalue weighted by molar-refractivity contribution is 9.10. The SMILES string of the molecule is CC(C)C(Br)C(=O)NCC1CCOCC1. The second-order valence-electron chi connectivity index (χ2n) is 4.45. The fourth-order valence-corrected chi connectivity index (χ4v) is 1.76. The number of carbonyl (C=O) groups is 1. The maximum Gasteiger partial charge on any atom is 0.234 e. The number of hydrogen-bond acceptors (Lipinski definition) is 2. The molecule has 1 aliphatic heterocycles. The Morgan fingerprint density at radius 2 is 2.07 bits per heavy atom. The average Bonchev–Trinajstić information content (AvgIpc) is 2.26. The van der Waals surface area contributed by atoms with E-state index in [2.05, 4.69) is 21.2 Å². The maximum atomic E-state index is 11.6. The number of rotatable bonds is 4. The van der Waals surface area contributed by atoms with Crippen molar-refractivity contribution in [2.45, 2.75) is 31.5 Å². The van der Waals surface area contributed by atoms with Gasteiger partial charge in [0.1, 0.15) is 0 Å². The largest absolute Gasteiger partial charge is 0.381 e. The van der Waals surface area contributed by atoms with Crippen LogP contribution in [0.15, 0.2) is 0 Å². The molecule has 0 radical (unpaired) electrons. The molecule has 1 heterocycles. The zero-order valence-electron chi connectivity index (χ0n) is 9.46. The summed E-state index contributed by atoms with van der Waals surface area (Å²) in [6, 6.07) is 0. The van der Waals surface area contributed by atoms with E-state index >= 15 is 0 Å². The molecule has 0 bridgehead atoms. The molecule has 0 saturated carbocycles. The Kier molecular flexibility index (Phi) is 5.61. The van der Waals surface area contributed by atoms with Crippen molar-refractivity contribution in [3.05, 3.63) is 0 Å². The van der Waals surface area contributed by atoms with Gasteiger partial charge in [-0.15, -0.1) is 0 Å². The molecule has 1 N–H and O–H groups in total. The van der Waals surface area contributed by atoms with Crippen LogP contribution >= 0.6 is 15.9 Å². The van der Waals surface area contributed by atoms with Crippen molar-refractivity contribution in [2.75, 3.05) is 19.8 Å². The fourth-order valence-electron chi connectivity index (χ4n) is 1.60. The lowest BCUT2D eigenvalue weighted by Gasteiger charge is -2.23. The summed E-state index contributed by atoms with van der Waals surface area (Å²) in [4.78, 5) is 11.6. The summed E-state index contributed by atoms with van der Waals surface area (Å²) in [5.41, 5.74) is 0. The molecule has 0 aromatic carbocycles. The van der Waals surface area contributed by atoms with E-state index in [9.17, 15) is 4.79 Å². The van der Waals surface area contributed by atoms with Gasteiger partial charge in [0.2, 0.25) is 5.91 Å². The van der Waals surface area contributed by atoms with Gasteiger partial charge in [-0.1, -0.05) is 29.8 Å². The molecule has 1 unspecified atom stereocenters. The summed E-state index contributed by atoms with van der Waals surface area (Å²) in [5, 5.41) is 2.99. The molecule has 0 aromatic rings. The van der Waals surface area contributed by atoms with Gasteiger partial charge in [0, 0.05) is 19.8 Å². The lowest BCUT2D eigenvalue weighted by molar-refractivity contribution is -0.121. The zero-order valence-corrected chi connectivity index (χ0v) is 11.0. The Morgan fingerprint density at radius 1 is 1.47 bits per heavy atom. The van der Waals surface area contributed by atoms with Crippen LogP contribution in [0.4, 0.5) is 0 Å². The normalized spacial score (nSPS) is 20.3. The van der Waals surface area contributed by atoms with E-state index < -0.39 is 0 Å². The molecule has 0 spiro atoms. The average molecular weight is 278 g/mol. The number of carbonyl (C=O) groups excluding carboxylic acids is 1. The minimum Gasteiger partial charge on any atom is -0.381 e. The fraction of sp³-hybridized carbons (Fsp3) is 0.909. The number of halogens is 1. The van der Waals surface area contributed by atoms with Crippen LogP contribution in [0.25, 0.3) is 0 Å². The molecular weight excluding hydrogens is 258 g/mol. The number of ether oxygens (including phenoxy) is 1. The maximum absolute atomic E-state index is 11.6. The highest BCUT2D eigenvalue weighted by atomic mass is 79.9. The predicted molar refractivity (Wildman–Crippen MR) is 64.1 cm³/mol. The minimum absolute atomic E-state index is 0.0719. The van der Waals surface area contributed by atoms with Gasteiger partial charge in [-0.25, -0.2) is 0 Å². The van der Waals surface area contributed by atoms with Crippen LogP contribution in [0.2, 0.25) is 0 Å². The first kappa shape index (κ1) is 13.0. The molecular formula is C11H20BrNO2. The van der Waals surface area contributed by atoms with Crippen molar-refractivity contribution in [1.29, 1.82) is 0 Å². The van der Waals surface area contributed by atoms with Gasteiger partial charge in [0.15, 0.2) is 0 Å². The molecule has 1 rings (SSSR count). The first-order valence-corrected chi connectivity index (χ1v) is 6.52. The summed E-state index contributed by atoms with van der Waals surface area (Å²) in [7, 11) is 0. The van der Waals surface area contributed by atoms with E-state index in [1.807, 2.05) is 13.8 Å². The molecule has 15 heavy (non-hydrogen) atoms. The van der Waals surface area contributed by atoms with Crippen molar-refractivity contribution in [3.63, 3.8) is 0 Å². The van der Waals surface area contributed by atoms with Crippen molar-refractivity contribution in [2.24, 2.45) is 11.8 Å². The Labute approximate surface area is 100 Å². The van der Waals surface area contributed by atoms with Crippen molar-refractivity contribution in [1.82, 2.24) is 5.32 Å². The molecule has 1 saturated heterocycles. The Balaban J connectivity index is 2.20. The third kappa shape index (κ3) is 4.51. The molecule has 3 nitrogen and oxygen atoms in total. The van der Waals surface area contributed by atoms with Gasteiger partial charge in [0.05, 0.1) is 4.83 Å². The van der Waals surface area contributed by atoms with Crippen LogP contribution in [0.1, 0.15) is 26.7 Å². The summed E-state index contributed by atoms with van der Waals surface area (Å²) >= 11 is 3.40. The molecule has 1 amide bonds. The van der Waals surface area contributed by atoms with Crippen molar-refractivity contribution in [3.8, 4) is 0 Å². The second-order valence-corrected chi connectivity index (χ2v) is 5.43. The van der Waals surface area contributed by atoms with Gasteiger partial charge in [-0.3, -0.25) is 4.79 Å². The summed E-state index contributed by atoms with van der Waals surface area (Å²) in [6.45, 7) is 6.53. The van der Waals surface area contributed by atoms with Crippen LogP contribution in [-0.2, 0) is 9.53 Å². The van der Waals surface area contributed by atoms with Crippen molar-refractivity contribution >= 4 is 21.8 Å². The van der Waals surface area contributed by atoms with Gasteiger partial charge in [-0.05, 0) is 24.7 Å². The van der Waals surface area contributed by atoms with E-state index in [1.54, 1.807) is 0 Å². The highest BCUT2D eigenvalue weighted by Gasteiger charge is 2.20. The number of alkyl halides is 1. The standard InChI is InChI=1S/C11H20BrNO2/c1-8(2)10(12)11(14)13-7-9-3-5-15-6-4-9/h8-10H,3-7H2,1-2H3,(H,13,14). The molecule has 0 aromatic heterocycles. The lowest BCUT2D eigenvalue weighted by atomic mass is 10.0. The Morgan fingerprint density at radius 3 is 2.60 bits per heavy atom. The third-order valence-electron chi connectivity index (χ3n) is 2.74. The smallest absolute Gasteiger partial charge is 0.234 e. The summed E-state index contributed by atoms with van der Waals surface area (Å²) in [5.74, 6) is 1.03. The van der Waals surface area contributed by atoms with Crippen molar-refractivity contribution < 1.29 is 9.53 Å². The zero-order chi connectivity index (χ0) is 11.3. The number of hydrogen-bond donors (Lipinski definition) is 1. The van der Waals surface area contributed by atoms with E-state index in [0.717, 1.165) is 32.6 Å². The van der Waals surface area contributed by atoms with Crippen LogP contribution in [-0.4, -0.2) is 30.5 Å². The van der Waals surface area contributed by atoms with E-state index in [0.29, 0.717) is 11.8 Å². The number of amides is 1. The molecule has 0 aliphatic carbocycles. The van der Waals surface area contributed by atoms with Gasteiger partial charge in [0.25, 0.3) is 0 Å². The Bertz CT molecular complexity index is 203. The third-order valence-corrected chi connectivity index (χ3v) is 4.21. The van der Waals surface area contributed by atoms with Crippen LogP contribution < -0.4 is 5.32 Å². The van der Waals surface area contributed by atoms with Gasteiger partial charge < -0.3 is 10.1 Å². The topological polar surface area (TPSA) is 38.3 Å². The molecule has 1 fully saturated rings. The first-order valence-electron chi connectivity index (χ1n) is 5.60. The minimum atomic E-state index is -0.0719. The first-order chi connectivity index (χ1) is 7.11. The van der Waals surface area contributed by atoms with Gasteiger partial charge in [-0.2, -0.15) is 0 Å². The molecule has 88 valence electrons. The second kappa shape index (κ2) is 6.48. The lowest BCUT2D eigenvalue weighted by Crippen LogP contribution is -2.38. The van der Waals surface area contributed by atoms with E-state index in [1.165, 1.54) is 0 Å². The predicted octanol–water partition coefficient (Wildman–Crippen LogP) is 1.95. The quantitative estimate of drug-likeness (QED) is 0.798. The van der Waals surface area contributed by atoms with E-state index in [-0.39, 0.29) is 10.7 Å². The summed E-state index contributed by atoms with van der Waals surface area (Å²) < 4.78 is 5.27. The van der Waals surface area contributed by atoms with E-state index in [4.69, 9.17) is 4.74 Å². The number of nitrogens with one attached hydrogen (secondary N) is 1.